The van der Waals surface area contributed by atoms with Crippen molar-refractivity contribution in [2.45, 2.75) is 45.6 Å². The normalized spacial score (nSPS) is 18.4. The smallest absolute Gasteiger partial charge is 0.228 e. The van der Waals surface area contributed by atoms with Crippen LogP contribution in [-0.4, -0.2) is 35.0 Å². The molecule has 2 heterocycles. The lowest BCUT2D eigenvalue weighted by Crippen LogP contribution is -2.44. The third kappa shape index (κ3) is 3.55. The maximum Gasteiger partial charge on any atom is 0.228 e. The summed E-state index contributed by atoms with van der Waals surface area (Å²) in [5, 5.41) is 1.17. The van der Waals surface area contributed by atoms with Gasteiger partial charge >= 0.3 is 0 Å². The number of aromatic nitrogens is 1. The summed E-state index contributed by atoms with van der Waals surface area (Å²) < 4.78 is 6.23. The Morgan fingerprint density at radius 1 is 1.07 bits per heavy atom. The number of likely N-dealkylation sites (tertiary alicyclic amines) is 1. The highest BCUT2D eigenvalue weighted by atomic mass is 16.5. The summed E-state index contributed by atoms with van der Waals surface area (Å²) >= 11 is 0. The number of hydrogen-bond donors (Lipinski definition) is 0. The second-order valence-corrected chi connectivity index (χ2v) is 9.01. The van der Waals surface area contributed by atoms with Crippen LogP contribution in [0.25, 0.3) is 22.0 Å². The van der Waals surface area contributed by atoms with Crippen molar-refractivity contribution in [1.82, 2.24) is 9.88 Å². The average Bonchev–Trinajstić information content (AvgIpc) is 3.54. The van der Waals surface area contributed by atoms with Gasteiger partial charge in [-0.25, -0.2) is 0 Å². The average molecular weight is 401 g/mol. The van der Waals surface area contributed by atoms with Crippen molar-refractivity contribution in [3.05, 3.63) is 60.3 Å². The van der Waals surface area contributed by atoms with Crippen molar-refractivity contribution in [3.8, 4) is 16.9 Å². The molecule has 2 fully saturated rings. The van der Waals surface area contributed by atoms with Gasteiger partial charge in [0.05, 0.1) is 5.52 Å². The molecule has 3 aromatic rings. The van der Waals surface area contributed by atoms with E-state index in [2.05, 4.69) is 61.3 Å². The van der Waals surface area contributed by atoms with E-state index in [0.717, 1.165) is 50.0 Å². The number of amides is 1. The fourth-order valence-electron chi connectivity index (χ4n) is 4.47. The quantitative estimate of drug-likeness (QED) is 0.590. The number of aryl methyl sites for hydroxylation is 1. The topological polar surface area (TPSA) is 42.4 Å². The molecule has 1 aliphatic carbocycles. The van der Waals surface area contributed by atoms with Crippen LogP contribution in [0.3, 0.4) is 0 Å². The van der Waals surface area contributed by atoms with E-state index < -0.39 is 0 Å². The van der Waals surface area contributed by atoms with Crippen LogP contribution in [-0.2, 0) is 4.79 Å². The van der Waals surface area contributed by atoms with E-state index in [1.165, 1.54) is 22.1 Å². The fraction of sp³-hybridized carbons (Fsp3) is 0.385. The van der Waals surface area contributed by atoms with Crippen LogP contribution < -0.4 is 4.74 Å². The van der Waals surface area contributed by atoms with Crippen molar-refractivity contribution in [2.24, 2.45) is 5.41 Å². The van der Waals surface area contributed by atoms with Crippen LogP contribution in [0.4, 0.5) is 0 Å². The summed E-state index contributed by atoms with van der Waals surface area (Å²) in [6.45, 7) is 5.83. The Morgan fingerprint density at radius 2 is 1.80 bits per heavy atom. The van der Waals surface area contributed by atoms with Crippen LogP contribution in [0, 0.1) is 12.3 Å². The molecule has 154 valence electrons. The molecule has 2 aliphatic rings. The Labute approximate surface area is 177 Å². The largest absolute Gasteiger partial charge is 0.490 e. The number of fused-ring (bicyclic) bond motifs is 1. The molecule has 1 saturated heterocycles. The van der Waals surface area contributed by atoms with E-state index >= 15 is 0 Å². The fourth-order valence-corrected chi connectivity index (χ4v) is 4.47. The standard InChI is InChI=1S/C26H28N2O2/c1-18-23(10-7-20-4-3-15-27-24(18)20)19-5-8-21(9-6-19)30-22-11-16-28(17-12-22)25(29)26(2)13-14-26/h3-10,15,22H,11-14,16-17H2,1-2H3. The molecule has 0 radical (unpaired) electrons. The lowest BCUT2D eigenvalue weighted by Gasteiger charge is -2.33. The molecule has 0 N–H and O–H groups in total. The number of pyridine rings is 1. The first-order valence-corrected chi connectivity index (χ1v) is 10.9. The second-order valence-electron chi connectivity index (χ2n) is 9.01. The zero-order chi connectivity index (χ0) is 20.7. The van der Waals surface area contributed by atoms with Gasteiger partial charge in [-0.15, -0.1) is 0 Å². The molecular formula is C26H28N2O2. The molecule has 1 amide bonds. The van der Waals surface area contributed by atoms with Crippen LogP contribution >= 0.6 is 0 Å². The first-order valence-electron chi connectivity index (χ1n) is 10.9. The van der Waals surface area contributed by atoms with Crippen molar-refractivity contribution in [1.29, 1.82) is 0 Å². The van der Waals surface area contributed by atoms with Gasteiger partial charge in [-0.2, -0.15) is 0 Å². The number of carbonyl (C=O) groups is 1. The molecule has 0 bridgehead atoms. The highest BCUT2D eigenvalue weighted by Gasteiger charge is 2.47. The van der Waals surface area contributed by atoms with Crippen molar-refractivity contribution < 1.29 is 9.53 Å². The molecule has 1 saturated carbocycles. The number of piperidine rings is 1. The van der Waals surface area contributed by atoms with Gasteiger partial charge in [0.1, 0.15) is 11.9 Å². The molecule has 4 nitrogen and oxygen atoms in total. The van der Waals surface area contributed by atoms with E-state index in [-0.39, 0.29) is 11.5 Å². The van der Waals surface area contributed by atoms with E-state index in [1.807, 2.05) is 17.2 Å². The van der Waals surface area contributed by atoms with E-state index in [0.29, 0.717) is 5.91 Å². The molecule has 2 aromatic carbocycles. The minimum absolute atomic E-state index is 0.0695. The highest BCUT2D eigenvalue weighted by Crippen LogP contribution is 2.46. The summed E-state index contributed by atoms with van der Waals surface area (Å²) in [6.07, 6.45) is 5.92. The lowest BCUT2D eigenvalue weighted by molar-refractivity contribution is -0.138. The van der Waals surface area contributed by atoms with Gasteiger partial charge in [0, 0.05) is 42.9 Å². The Bertz CT molecular complexity index is 1080. The van der Waals surface area contributed by atoms with Crippen LogP contribution in [0.2, 0.25) is 0 Å². The molecule has 1 aliphatic heterocycles. The maximum atomic E-state index is 12.5. The first-order chi connectivity index (χ1) is 14.5. The lowest BCUT2D eigenvalue weighted by atomic mass is 9.98. The first kappa shape index (κ1) is 19.1. The minimum atomic E-state index is -0.0695. The van der Waals surface area contributed by atoms with Gasteiger partial charge in [-0.05, 0) is 54.7 Å². The Morgan fingerprint density at radius 3 is 2.50 bits per heavy atom. The summed E-state index contributed by atoms with van der Waals surface area (Å²) in [4.78, 5) is 19.1. The summed E-state index contributed by atoms with van der Waals surface area (Å²) in [7, 11) is 0. The van der Waals surface area contributed by atoms with Gasteiger partial charge in [0.2, 0.25) is 5.91 Å². The van der Waals surface area contributed by atoms with Crippen molar-refractivity contribution in [3.63, 3.8) is 0 Å². The number of benzene rings is 2. The van der Waals surface area contributed by atoms with Crippen LogP contribution in [0.1, 0.15) is 38.2 Å². The molecule has 0 unspecified atom stereocenters. The van der Waals surface area contributed by atoms with Crippen LogP contribution in [0.15, 0.2) is 54.7 Å². The SMILES string of the molecule is Cc1c(-c2ccc(OC3CCN(C(=O)C4(C)CC4)CC3)cc2)ccc2cccnc12. The van der Waals surface area contributed by atoms with Crippen molar-refractivity contribution >= 4 is 16.8 Å². The molecule has 5 rings (SSSR count). The van der Waals surface area contributed by atoms with E-state index in [4.69, 9.17) is 4.74 Å². The van der Waals surface area contributed by atoms with Gasteiger partial charge in [-0.1, -0.05) is 37.3 Å². The van der Waals surface area contributed by atoms with E-state index in [9.17, 15) is 4.79 Å². The Balaban J connectivity index is 1.24. The molecule has 4 heteroatoms. The third-order valence-electron chi connectivity index (χ3n) is 6.74. The molecule has 0 atom stereocenters. The number of hydrogen-bond acceptors (Lipinski definition) is 3. The number of carbonyl (C=O) groups excluding carboxylic acids is 1. The van der Waals surface area contributed by atoms with E-state index in [1.54, 1.807) is 0 Å². The third-order valence-corrected chi connectivity index (χ3v) is 6.74. The second kappa shape index (κ2) is 7.42. The number of ether oxygens (including phenoxy) is 1. The molecule has 30 heavy (non-hydrogen) atoms. The van der Waals surface area contributed by atoms with Crippen molar-refractivity contribution in [2.75, 3.05) is 13.1 Å². The Hall–Kier alpha value is -2.88. The van der Waals surface area contributed by atoms with Gasteiger partial charge in [0.15, 0.2) is 0 Å². The monoisotopic (exact) mass is 400 g/mol. The van der Waals surface area contributed by atoms with Gasteiger partial charge in [0.25, 0.3) is 0 Å². The van der Waals surface area contributed by atoms with Gasteiger partial charge < -0.3 is 9.64 Å². The summed E-state index contributed by atoms with van der Waals surface area (Å²) in [5.41, 5.74) is 4.55. The number of rotatable bonds is 4. The molecular weight excluding hydrogens is 372 g/mol. The molecule has 1 aromatic heterocycles. The summed E-state index contributed by atoms with van der Waals surface area (Å²) in [5.74, 6) is 1.24. The highest BCUT2D eigenvalue weighted by molar-refractivity contribution is 5.88. The number of nitrogens with zero attached hydrogens (tertiary/aromatic N) is 2. The predicted molar refractivity (Wildman–Crippen MR) is 119 cm³/mol. The Kier molecular flexibility index (Phi) is 4.73. The zero-order valence-electron chi connectivity index (χ0n) is 17.7. The van der Waals surface area contributed by atoms with Crippen LogP contribution in [0.5, 0.6) is 5.75 Å². The van der Waals surface area contributed by atoms with Gasteiger partial charge in [-0.3, -0.25) is 9.78 Å². The predicted octanol–water partition coefficient (Wildman–Crippen LogP) is 5.38. The maximum absolute atomic E-state index is 12.5. The summed E-state index contributed by atoms with van der Waals surface area (Å²) in [6, 6.07) is 16.7. The zero-order valence-corrected chi connectivity index (χ0v) is 17.7. The molecule has 0 spiro atoms. The minimum Gasteiger partial charge on any atom is -0.490 e.